The van der Waals surface area contributed by atoms with Crippen LogP contribution in [0.1, 0.15) is 5.56 Å². The van der Waals surface area contributed by atoms with E-state index in [0.717, 1.165) is 32.1 Å². The predicted molar refractivity (Wildman–Crippen MR) is 48.5 cm³/mol. The number of H-pyrrole nitrogens is 1. The molecule has 2 rings (SSSR count). The Labute approximate surface area is 76.7 Å². The molecular formula is C9H11N3O. The maximum absolute atomic E-state index is 8.81. The van der Waals surface area contributed by atoms with Gasteiger partial charge in [-0.3, -0.25) is 0 Å². The second kappa shape index (κ2) is 3.50. The molecule has 0 bridgehead atoms. The summed E-state index contributed by atoms with van der Waals surface area (Å²) in [5, 5.41) is 8.81. The van der Waals surface area contributed by atoms with Gasteiger partial charge in [0.2, 0.25) is 0 Å². The number of hydrogen-bond donors (Lipinski definition) is 1. The average Bonchev–Trinajstić information content (AvgIpc) is 2.67. The molecule has 1 aliphatic rings. The van der Waals surface area contributed by atoms with Crippen LogP contribution in [-0.2, 0) is 4.74 Å². The number of ether oxygens (including phenoxy) is 1. The van der Waals surface area contributed by atoms with Crippen LogP contribution in [0.2, 0.25) is 0 Å². The van der Waals surface area contributed by atoms with Gasteiger partial charge >= 0.3 is 0 Å². The third-order valence-electron chi connectivity index (χ3n) is 2.17. The minimum Gasteiger partial charge on any atom is -0.378 e. The molecule has 4 heteroatoms. The molecule has 0 aliphatic carbocycles. The first-order valence-electron chi connectivity index (χ1n) is 4.32. The third-order valence-corrected chi connectivity index (χ3v) is 2.17. The second-order valence-corrected chi connectivity index (χ2v) is 2.95. The number of nitriles is 1. The van der Waals surface area contributed by atoms with Crippen molar-refractivity contribution >= 4 is 5.82 Å². The number of hydrogen-bond acceptors (Lipinski definition) is 3. The summed E-state index contributed by atoms with van der Waals surface area (Å²) in [4.78, 5) is 5.22. The highest BCUT2D eigenvalue weighted by molar-refractivity contribution is 5.54. The quantitative estimate of drug-likeness (QED) is 0.687. The Morgan fingerprint density at radius 3 is 2.92 bits per heavy atom. The van der Waals surface area contributed by atoms with Gasteiger partial charge in [0.05, 0.1) is 18.8 Å². The van der Waals surface area contributed by atoms with Gasteiger partial charge in [-0.2, -0.15) is 5.26 Å². The van der Waals surface area contributed by atoms with E-state index in [1.807, 2.05) is 0 Å². The van der Waals surface area contributed by atoms with Crippen molar-refractivity contribution in [3.05, 3.63) is 17.8 Å². The molecule has 1 saturated heterocycles. The molecule has 1 aromatic rings. The van der Waals surface area contributed by atoms with Gasteiger partial charge in [-0.15, -0.1) is 0 Å². The molecule has 0 spiro atoms. The van der Waals surface area contributed by atoms with Crippen molar-refractivity contribution in [2.24, 2.45) is 0 Å². The van der Waals surface area contributed by atoms with Crippen LogP contribution in [0.4, 0.5) is 5.82 Å². The van der Waals surface area contributed by atoms with Crippen LogP contribution >= 0.6 is 0 Å². The topological polar surface area (TPSA) is 52.0 Å². The van der Waals surface area contributed by atoms with E-state index in [-0.39, 0.29) is 0 Å². The molecule has 0 saturated carbocycles. The molecule has 1 N–H and O–H groups in total. The summed E-state index contributed by atoms with van der Waals surface area (Å²) in [7, 11) is 0. The lowest BCUT2D eigenvalue weighted by Crippen LogP contribution is -2.36. The fourth-order valence-electron chi connectivity index (χ4n) is 1.50. The van der Waals surface area contributed by atoms with Gasteiger partial charge in [0.15, 0.2) is 0 Å². The van der Waals surface area contributed by atoms with Crippen molar-refractivity contribution in [3.8, 4) is 6.07 Å². The number of nitrogens with zero attached hydrogens (tertiary/aromatic N) is 2. The van der Waals surface area contributed by atoms with Gasteiger partial charge < -0.3 is 14.6 Å². The van der Waals surface area contributed by atoms with Crippen LogP contribution in [0.15, 0.2) is 12.3 Å². The smallest absolute Gasteiger partial charge is 0.124 e. The summed E-state index contributed by atoms with van der Waals surface area (Å²) < 4.78 is 5.23. The number of anilines is 1. The van der Waals surface area contributed by atoms with Crippen molar-refractivity contribution < 1.29 is 4.74 Å². The van der Waals surface area contributed by atoms with Crippen LogP contribution < -0.4 is 4.90 Å². The molecule has 0 amide bonds. The van der Waals surface area contributed by atoms with Gasteiger partial charge in [0.25, 0.3) is 0 Å². The van der Waals surface area contributed by atoms with Gasteiger partial charge in [0.1, 0.15) is 11.9 Å². The Bertz CT molecular complexity index is 320. The normalized spacial score (nSPS) is 17.0. The minimum absolute atomic E-state index is 0.710. The largest absolute Gasteiger partial charge is 0.378 e. The molecular weight excluding hydrogens is 166 g/mol. The average molecular weight is 177 g/mol. The van der Waals surface area contributed by atoms with E-state index < -0.39 is 0 Å². The monoisotopic (exact) mass is 177 g/mol. The Balaban J connectivity index is 2.19. The number of nitrogens with one attached hydrogen (secondary N) is 1. The summed E-state index contributed by atoms with van der Waals surface area (Å²) in [6.45, 7) is 3.19. The zero-order chi connectivity index (χ0) is 9.10. The highest BCUT2D eigenvalue weighted by Crippen LogP contribution is 2.17. The first kappa shape index (κ1) is 8.14. The number of aromatic nitrogens is 1. The molecule has 4 nitrogen and oxygen atoms in total. The van der Waals surface area contributed by atoms with Gasteiger partial charge in [-0.05, 0) is 6.07 Å². The molecule has 13 heavy (non-hydrogen) atoms. The molecule has 1 fully saturated rings. The van der Waals surface area contributed by atoms with Crippen LogP contribution in [-0.4, -0.2) is 31.3 Å². The summed E-state index contributed by atoms with van der Waals surface area (Å²) in [5.41, 5.74) is 0.710. The van der Waals surface area contributed by atoms with E-state index in [4.69, 9.17) is 10.00 Å². The number of aromatic amines is 1. The van der Waals surface area contributed by atoms with E-state index >= 15 is 0 Å². The fourth-order valence-corrected chi connectivity index (χ4v) is 1.50. The molecule has 0 aromatic carbocycles. The maximum atomic E-state index is 8.81. The zero-order valence-electron chi connectivity index (χ0n) is 7.29. The standard InChI is InChI=1S/C9H11N3O/c10-7-8-1-2-11-9(8)12-3-5-13-6-4-12/h1-2,11H,3-6H2. The zero-order valence-corrected chi connectivity index (χ0v) is 7.29. The summed E-state index contributed by atoms with van der Waals surface area (Å²) in [6.07, 6.45) is 1.79. The predicted octanol–water partition coefficient (Wildman–Crippen LogP) is 0.723. The number of rotatable bonds is 1. The van der Waals surface area contributed by atoms with E-state index in [9.17, 15) is 0 Å². The first-order valence-corrected chi connectivity index (χ1v) is 4.32. The van der Waals surface area contributed by atoms with Crippen LogP contribution in [0, 0.1) is 11.3 Å². The lowest BCUT2D eigenvalue weighted by atomic mass is 10.3. The van der Waals surface area contributed by atoms with Crippen LogP contribution in [0.25, 0.3) is 0 Å². The number of morpholine rings is 1. The molecule has 0 unspecified atom stereocenters. The van der Waals surface area contributed by atoms with Crippen molar-refractivity contribution in [2.45, 2.75) is 0 Å². The van der Waals surface area contributed by atoms with E-state index in [1.54, 1.807) is 12.3 Å². The Kier molecular flexibility index (Phi) is 2.19. The Hall–Kier alpha value is -1.47. The first-order chi connectivity index (χ1) is 6.42. The molecule has 0 atom stereocenters. The summed E-state index contributed by atoms with van der Waals surface area (Å²) in [5.74, 6) is 0.922. The summed E-state index contributed by atoms with van der Waals surface area (Å²) >= 11 is 0. The van der Waals surface area contributed by atoms with Gasteiger partial charge in [-0.25, -0.2) is 0 Å². The van der Waals surface area contributed by atoms with Crippen molar-refractivity contribution in [1.29, 1.82) is 5.26 Å². The summed E-state index contributed by atoms with van der Waals surface area (Å²) in [6, 6.07) is 3.96. The fraction of sp³-hybridized carbons (Fsp3) is 0.444. The molecule has 1 aromatic heterocycles. The van der Waals surface area contributed by atoms with E-state index in [2.05, 4.69) is 16.0 Å². The Morgan fingerprint density at radius 2 is 2.23 bits per heavy atom. The second-order valence-electron chi connectivity index (χ2n) is 2.95. The van der Waals surface area contributed by atoms with Crippen molar-refractivity contribution in [3.63, 3.8) is 0 Å². The molecule has 1 aliphatic heterocycles. The van der Waals surface area contributed by atoms with Crippen LogP contribution in [0.3, 0.4) is 0 Å². The highest BCUT2D eigenvalue weighted by Gasteiger charge is 2.14. The van der Waals surface area contributed by atoms with Crippen molar-refractivity contribution in [1.82, 2.24) is 4.98 Å². The van der Waals surface area contributed by atoms with Gasteiger partial charge in [0, 0.05) is 19.3 Å². The minimum atomic E-state index is 0.710. The molecule has 68 valence electrons. The highest BCUT2D eigenvalue weighted by atomic mass is 16.5. The molecule has 2 heterocycles. The third kappa shape index (κ3) is 1.51. The molecule has 0 radical (unpaired) electrons. The SMILES string of the molecule is N#Cc1cc[nH]c1N1CCOCC1. The van der Waals surface area contributed by atoms with E-state index in [0.29, 0.717) is 5.56 Å². The van der Waals surface area contributed by atoms with Gasteiger partial charge in [-0.1, -0.05) is 0 Å². The van der Waals surface area contributed by atoms with E-state index in [1.165, 1.54) is 0 Å². The van der Waals surface area contributed by atoms with Crippen molar-refractivity contribution in [2.75, 3.05) is 31.2 Å². The lowest BCUT2D eigenvalue weighted by molar-refractivity contribution is 0.122. The Morgan fingerprint density at radius 1 is 1.46 bits per heavy atom. The maximum Gasteiger partial charge on any atom is 0.124 e. The lowest BCUT2D eigenvalue weighted by Gasteiger charge is -2.27. The van der Waals surface area contributed by atoms with Crippen LogP contribution in [0.5, 0.6) is 0 Å².